The molecule has 4 aromatic rings. The molecule has 1 saturated heterocycles. The van der Waals surface area contributed by atoms with Gasteiger partial charge in [-0.2, -0.15) is 4.98 Å². The monoisotopic (exact) mass is 402 g/mol. The van der Waals surface area contributed by atoms with E-state index in [4.69, 9.17) is 9.51 Å². The van der Waals surface area contributed by atoms with Crippen LogP contribution in [0.2, 0.25) is 0 Å². The summed E-state index contributed by atoms with van der Waals surface area (Å²) in [6.07, 6.45) is 6.16. The number of nitrogens with zero attached hydrogens (tertiary/aromatic N) is 5. The van der Waals surface area contributed by atoms with Gasteiger partial charge in [0.05, 0.1) is 11.0 Å². The van der Waals surface area contributed by atoms with Crippen molar-refractivity contribution in [2.75, 3.05) is 13.1 Å². The summed E-state index contributed by atoms with van der Waals surface area (Å²) >= 11 is 0. The number of rotatable bonds is 5. The molecule has 30 heavy (non-hydrogen) atoms. The van der Waals surface area contributed by atoms with Crippen LogP contribution in [-0.2, 0) is 11.2 Å². The Kier molecular flexibility index (Phi) is 4.96. The van der Waals surface area contributed by atoms with Crippen molar-refractivity contribution in [1.29, 1.82) is 0 Å². The number of pyridine rings is 1. The van der Waals surface area contributed by atoms with Crippen LogP contribution < -0.4 is 0 Å². The zero-order chi connectivity index (χ0) is 20.3. The number of piperidine rings is 1. The fourth-order valence-electron chi connectivity index (χ4n) is 3.93. The van der Waals surface area contributed by atoms with Crippen LogP contribution in [0, 0.1) is 0 Å². The van der Waals surface area contributed by atoms with E-state index in [1.807, 2.05) is 41.3 Å². The van der Waals surface area contributed by atoms with Gasteiger partial charge in [-0.1, -0.05) is 17.3 Å². The van der Waals surface area contributed by atoms with Crippen LogP contribution in [0.1, 0.15) is 36.9 Å². The maximum absolute atomic E-state index is 12.8. The van der Waals surface area contributed by atoms with E-state index >= 15 is 0 Å². The number of likely N-dealkylation sites (tertiary alicyclic amines) is 1. The summed E-state index contributed by atoms with van der Waals surface area (Å²) in [6, 6.07) is 11.7. The molecule has 0 saturated carbocycles. The molecule has 8 heteroatoms. The Morgan fingerprint density at radius 1 is 1.20 bits per heavy atom. The molecule has 3 aromatic heterocycles. The van der Waals surface area contributed by atoms with E-state index in [1.165, 1.54) is 0 Å². The summed E-state index contributed by atoms with van der Waals surface area (Å²) in [4.78, 5) is 31.3. The summed E-state index contributed by atoms with van der Waals surface area (Å²) in [5.74, 6) is 2.26. The van der Waals surface area contributed by atoms with Crippen molar-refractivity contribution in [2.45, 2.75) is 31.6 Å². The summed E-state index contributed by atoms with van der Waals surface area (Å²) < 4.78 is 5.31. The predicted molar refractivity (Wildman–Crippen MR) is 110 cm³/mol. The molecule has 1 atom stereocenters. The van der Waals surface area contributed by atoms with Gasteiger partial charge in [-0.25, -0.2) is 4.98 Å². The van der Waals surface area contributed by atoms with E-state index in [2.05, 4.69) is 20.1 Å². The van der Waals surface area contributed by atoms with Crippen LogP contribution >= 0.6 is 0 Å². The first-order valence-electron chi connectivity index (χ1n) is 10.2. The second-order valence-corrected chi connectivity index (χ2v) is 7.57. The summed E-state index contributed by atoms with van der Waals surface area (Å²) in [7, 11) is 0. The predicted octanol–water partition coefficient (Wildman–Crippen LogP) is 3.35. The maximum atomic E-state index is 12.8. The van der Waals surface area contributed by atoms with Crippen LogP contribution in [0.15, 0.2) is 53.3 Å². The van der Waals surface area contributed by atoms with Gasteiger partial charge in [0.15, 0.2) is 0 Å². The second-order valence-electron chi connectivity index (χ2n) is 7.57. The molecule has 152 valence electrons. The molecule has 0 bridgehead atoms. The third-order valence-corrected chi connectivity index (χ3v) is 5.51. The van der Waals surface area contributed by atoms with E-state index in [1.54, 1.807) is 12.4 Å². The summed E-state index contributed by atoms with van der Waals surface area (Å²) in [6.45, 7) is 1.46. The Hall–Kier alpha value is -3.55. The van der Waals surface area contributed by atoms with Gasteiger partial charge in [0.2, 0.25) is 17.6 Å². The number of hydrogen-bond donors (Lipinski definition) is 1. The van der Waals surface area contributed by atoms with Crippen LogP contribution in [-0.4, -0.2) is 49.0 Å². The van der Waals surface area contributed by atoms with E-state index < -0.39 is 0 Å². The normalized spacial score (nSPS) is 16.8. The fraction of sp³-hybridized carbons (Fsp3) is 0.318. The molecule has 1 amide bonds. The number of H-pyrrole nitrogens is 1. The van der Waals surface area contributed by atoms with Gasteiger partial charge in [-0.05, 0) is 37.1 Å². The lowest BCUT2D eigenvalue weighted by Crippen LogP contribution is -2.39. The van der Waals surface area contributed by atoms with Crippen LogP contribution in [0.3, 0.4) is 0 Å². The standard InChI is InChI=1S/C22H22N6O2/c29-20(10-9-19-26-22(27-30-19)15-5-3-11-23-13-15)28-12-4-6-16(14-28)21-24-17-7-1-2-8-18(17)25-21/h1-3,5,7-8,11,13,16H,4,6,9-10,12,14H2,(H,24,25). The highest BCUT2D eigenvalue weighted by molar-refractivity contribution is 5.77. The largest absolute Gasteiger partial charge is 0.342 e. The highest BCUT2D eigenvalue weighted by Gasteiger charge is 2.27. The zero-order valence-corrected chi connectivity index (χ0v) is 16.5. The molecule has 1 aliphatic rings. The molecule has 1 aromatic carbocycles. The molecule has 8 nitrogen and oxygen atoms in total. The molecule has 1 fully saturated rings. The Balaban J connectivity index is 1.20. The molecule has 0 spiro atoms. The molecule has 1 N–H and O–H groups in total. The first-order chi connectivity index (χ1) is 14.8. The molecular weight excluding hydrogens is 380 g/mol. The number of imidazole rings is 1. The van der Waals surface area contributed by atoms with Crippen molar-refractivity contribution in [3.63, 3.8) is 0 Å². The quantitative estimate of drug-likeness (QED) is 0.549. The third-order valence-electron chi connectivity index (χ3n) is 5.51. The minimum Gasteiger partial charge on any atom is -0.342 e. The smallest absolute Gasteiger partial charge is 0.227 e. The van der Waals surface area contributed by atoms with Crippen molar-refractivity contribution < 1.29 is 9.32 Å². The lowest BCUT2D eigenvalue weighted by molar-refractivity contribution is -0.132. The Morgan fingerprint density at radius 2 is 2.13 bits per heavy atom. The van der Waals surface area contributed by atoms with Gasteiger partial charge in [-0.15, -0.1) is 0 Å². The number of carbonyl (C=O) groups is 1. The number of nitrogens with one attached hydrogen (secondary N) is 1. The van der Waals surface area contributed by atoms with Crippen LogP contribution in [0.4, 0.5) is 0 Å². The highest BCUT2D eigenvalue weighted by atomic mass is 16.5. The molecule has 0 radical (unpaired) electrons. The lowest BCUT2D eigenvalue weighted by Gasteiger charge is -2.31. The van der Waals surface area contributed by atoms with E-state index in [9.17, 15) is 4.79 Å². The van der Waals surface area contributed by atoms with Crippen molar-refractivity contribution >= 4 is 16.9 Å². The van der Waals surface area contributed by atoms with E-state index in [-0.39, 0.29) is 11.8 Å². The molecule has 1 unspecified atom stereocenters. The number of aryl methyl sites for hydroxylation is 1. The lowest BCUT2D eigenvalue weighted by atomic mass is 9.97. The zero-order valence-electron chi connectivity index (χ0n) is 16.5. The number of benzene rings is 1. The van der Waals surface area contributed by atoms with E-state index in [0.717, 1.165) is 41.8 Å². The van der Waals surface area contributed by atoms with Crippen molar-refractivity contribution in [1.82, 2.24) is 30.0 Å². The van der Waals surface area contributed by atoms with Crippen molar-refractivity contribution in [3.05, 3.63) is 60.5 Å². The van der Waals surface area contributed by atoms with Crippen LogP contribution in [0.5, 0.6) is 0 Å². The first-order valence-corrected chi connectivity index (χ1v) is 10.2. The molecule has 0 aliphatic carbocycles. The minimum atomic E-state index is 0.108. The number of aromatic nitrogens is 5. The number of para-hydroxylation sites is 2. The van der Waals surface area contributed by atoms with Gasteiger partial charge in [0, 0.05) is 49.8 Å². The average molecular weight is 402 g/mol. The second kappa shape index (κ2) is 8.06. The SMILES string of the molecule is O=C(CCc1nc(-c2cccnc2)no1)N1CCCC(c2nc3ccccc3[nH]2)C1. The highest BCUT2D eigenvalue weighted by Crippen LogP contribution is 2.27. The minimum absolute atomic E-state index is 0.108. The first kappa shape index (κ1) is 18.5. The van der Waals surface area contributed by atoms with Crippen molar-refractivity contribution in [3.8, 4) is 11.4 Å². The number of aromatic amines is 1. The average Bonchev–Trinajstić information content (AvgIpc) is 3.45. The van der Waals surface area contributed by atoms with Gasteiger partial charge in [-0.3, -0.25) is 9.78 Å². The third kappa shape index (κ3) is 3.80. The van der Waals surface area contributed by atoms with E-state index in [0.29, 0.717) is 31.1 Å². The van der Waals surface area contributed by atoms with Gasteiger partial charge < -0.3 is 14.4 Å². The van der Waals surface area contributed by atoms with Gasteiger partial charge in [0.1, 0.15) is 5.82 Å². The number of amides is 1. The maximum Gasteiger partial charge on any atom is 0.227 e. The number of fused-ring (bicyclic) bond motifs is 1. The number of hydrogen-bond acceptors (Lipinski definition) is 6. The topological polar surface area (TPSA) is 101 Å². The van der Waals surface area contributed by atoms with Crippen molar-refractivity contribution in [2.24, 2.45) is 0 Å². The van der Waals surface area contributed by atoms with Gasteiger partial charge >= 0.3 is 0 Å². The van der Waals surface area contributed by atoms with Crippen LogP contribution in [0.25, 0.3) is 22.4 Å². The molecule has 4 heterocycles. The molecule has 5 rings (SSSR count). The molecule has 1 aliphatic heterocycles. The fourth-order valence-corrected chi connectivity index (χ4v) is 3.93. The molecular formula is C22H22N6O2. The Morgan fingerprint density at radius 3 is 3.00 bits per heavy atom. The summed E-state index contributed by atoms with van der Waals surface area (Å²) in [5.41, 5.74) is 2.80. The summed E-state index contributed by atoms with van der Waals surface area (Å²) in [5, 5.41) is 3.99. The number of carbonyl (C=O) groups excluding carboxylic acids is 1. The van der Waals surface area contributed by atoms with Gasteiger partial charge in [0.25, 0.3) is 0 Å². The Labute approximate surface area is 173 Å². The Bertz CT molecular complexity index is 1120.